The summed E-state index contributed by atoms with van der Waals surface area (Å²) in [6, 6.07) is -0.266. The molecule has 4 rings (SSSR count). The molecule has 0 spiro atoms. The predicted molar refractivity (Wildman–Crippen MR) is 114 cm³/mol. The number of hydrogen-bond acceptors (Lipinski definition) is 8. The van der Waals surface area contributed by atoms with Gasteiger partial charge in [-0.1, -0.05) is 24.8 Å². The number of hydrogen-bond donors (Lipinski definition) is 3. The van der Waals surface area contributed by atoms with Gasteiger partial charge in [-0.05, 0) is 26.0 Å². The number of aliphatic hydroxyl groups excluding tert-OH is 2. The number of rotatable bonds is 6. The zero-order valence-electron chi connectivity index (χ0n) is 17.0. The van der Waals surface area contributed by atoms with Crippen LogP contribution in [0.4, 0.5) is 0 Å². The Balaban J connectivity index is 1.58. The van der Waals surface area contributed by atoms with Crippen LogP contribution in [0.15, 0.2) is 26.4 Å². The first-order chi connectivity index (χ1) is 14.2. The Morgan fingerprint density at radius 1 is 1.47 bits per heavy atom. The number of carbonyl (C=O) groups is 2. The van der Waals surface area contributed by atoms with Crippen LogP contribution in [0.1, 0.15) is 26.0 Å². The number of carboxylic acid groups (broad SMARTS) is 1. The van der Waals surface area contributed by atoms with Gasteiger partial charge in [-0.3, -0.25) is 9.69 Å². The molecule has 1 saturated heterocycles. The second-order valence-corrected chi connectivity index (χ2v) is 10.2. The average molecular weight is 452 g/mol. The molecule has 8 nitrogen and oxygen atoms in total. The first kappa shape index (κ1) is 21.5. The highest BCUT2D eigenvalue weighted by Gasteiger charge is 2.60. The number of carbonyl (C=O) groups excluding carboxylic acids is 1. The highest BCUT2D eigenvalue weighted by molar-refractivity contribution is 8.04. The quantitative estimate of drug-likeness (QED) is 0.557. The van der Waals surface area contributed by atoms with Crippen molar-refractivity contribution in [2.75, 3.05) is 20.2 Å². The van der Waals surface area contributed by atoms with Crippen molar-refractivity contribution in [3.05, 3.63) is 27.8 Å². The van der Waals surface area contributed by atoms with Crippen LogP contribution in [0.25, 0.3) is 5.57 Å². The highest BCUT2D eigenvalue weighted by Crippen LogP contribution is 2.52. The van der Waals surface area contributed by atoms with E-state index < -0.39 is 18.0 Å². The summed E-state index contributed by atoms with van der Waals surface area (Å²) in [4.78, 5) is 33.1. The van der Waals surface area contributed by atoms with Crippen LogP contribution in [0, 0.1) is 11.8 Å². The van der Waals surface area contributed by atoms with E-state index in [4.69, 9.17) is 4.98 Å². The molecule has 162 valence electrons. The van der Waals surface area contributed by atoms with Gasteiger partial charge < -0.3 is 20.2 Å². The van der Waals surface area contributed by atoms with Crippen molar-refractivity contribution in [3.8, 4) is 0 Å². The molecule has 3 N–H and O–H groups in total. The SMILES string of the molecule is C[C@@H](O)[C@H]1C(=O)N2C(C(=O)O)=C(Sc3nc(C4=CCN(C)[C@H](CO)C4)cs3)[C@H](C)[C@H]12. The van der Waals surface area contributed by atoms with Gasteiger partial charge in [0, 0.05) is 28.8 Å². The Kier molecular flexibility index (Phi) is 5.80. The summed E-state index contributed by atoms with van der Waals surface area (Å²) < 4.78 is 0.717. The third kappa shape index (κ3) is 3.40. The van der Waals surface area contributed by atoms with E-state index in [0.29, 0.717) is 11.3 Å². The summed E-state index contributed by atoms with van der Waals surface area (Å²) in [5.41, 5.74) is 1.93. The maximum absolute atomic E-state index is 12.5. The summed E-state index contributed by atoms with van der Waals surface area (Å²) >= 11 is 2.74. The molecule has 3 aliphatic heterocycles. The lowest BCUT2D eigenvalue weighted by Crippen LogP contribution is -2.63. The van der Waals surface area contributed by atoms with Crippen LogP contribution in [-0.4, -0.2) is 80.4 Å². The van der Waals surface area contributed by atoms with E-state index in [1.165, 1.54) is 28.0 Å². The molecule has 1 aromatic heterocycles. The first-order valence-corrected chi connectivity index (χ1v) is 11.6. The lowest BCUT2D eigenvalue weighted by molar-refractivity contribution is -0.163. The molecule has 0 aliphatic carbocycles. The van der Waals surface area contributed by atoms with Gasteiger partial charge in [0.1, 0.15) is 5.70 Å². The van der Waals surface area contributed by atoms with Crippen LogP contribution in [0.5, 0.6) is 0 Å². The van der Waals surface area contributed by atoms with Gasteiger partial charge in [-0.2, -0.15) is 0 Å². The lowest BCUT2D eigenvalue weighted by Gasteiger charge is -2.46. The zero-order chi connectivity index (χ0) is 21.7. The van der Waals surface area contributed by atoms with Crippen LogP contribution < -0.4 is 0 Å². The minimum Gasteiger partial charge on any atom is -0.477 e. The predicted octanol–water partition coefficient (Wildman–Crippen LogP) is 1.47. The number of thioether (sulfide) groups is 1. The molecule has 30 heavy (non-hydrogen) atoms. The van der Waals surface area contributed by atoms with Gasteiger partial charge in [0.15, 0.2) is 4.34 Å². The molecule has 3 aliphatic rings. The van der Waals surface area contributed by atoms with Gasteiger partial charge in [-0.15, -0.1) is 11.3 Å². The largest absolute Gasteiger partial charge is 0.477 e. The molecule has 0 saturated carbocycles. The second-order valence-electron chi connectivity index (χ2n) is 8.08. The number of amides is 1. The monoisotopic (exact) mass is 451 g/mol. The van der Waals surface area contributed by atoms with E-state index >= 15 is 0 Å². The van der Waals surface area contributed by atoms with Crippen molar-refractivity contribution in [1.82, 2.24) is 14.8 Å². The molecule has 4 heterocycles. The minimum atomic E-state index is -1.13. The molecule has 0 radical (unpaired) electrons. The molecule has 0 unspecified atom stereocenters. The first-order valence-electron chi connectivity index (χ1n) is 9.87. The van der Waals surface area contributed by atoms with Crippen molar-refractivity contribution in [2.24, 2.45) is 11.8 Å². The fourth-order valence-electron chi connectivity index (χ4n) is 4.51. The lowest BCUT2D eigenvalue weighted by atomic mass is 9.79. The molecule has 5 atom stereocenters. The highest BCUT2D eigenvalue weighted by atomic mass is 32.2. The van der Waals surface area contributed by atoms with Gasteiger partial charge in [0.25, 0.3) is 0 Å². The molecule has 1 fully saturated rings. The topological polar surface area (TPSA) is 114 Å². The summed E-state index contributed by atoms with van der Waals surface area (Å²) in [7, 11) is 1.98. The van der Waals surface area contributed by atoms with E-state index in [9.17, 15) is 24.9 Å². The summed E-state index contributed by atoms with van der Waals surface area (Å²) in [6.45, 7) is 4.30. The molecule has 1 amide bonds. The van der Waals surface area contributed by atoms with Crippen molar-refractivity contribution in [1.29, 1.82) is 0 Å². The Morgan fingerprint density at radius 3 is 2.83 bits per heavy atom. The maximum atomic E-state index is 12.5. The van der Waals surface area contributed by atoms with Gasteiger partial charge in [0.2, 0.25) is 5.91 Å². The molecule has 10 heteroatoms. The van der Waals surface area contributed by atoms with Crippen LogP contribution in [-0.2, 0) is 9.59 Å². The number of β-lactam (4-membered cyclic amide) rings is 1. The van der Waals surface area contributed by atoms with Crippen LogP contribution >= 0.6 is 23.1 Å². The van der Waals surface area contributed by atoms with E-state index in [1.807, 2.05) is 19.4 Å². The normalized spacial score (nSPS) is 30.2. The fraction of sp³-hybridized carbons (Fsp3) is 0.550. The molecular weight excluding hydrogens is 426 g/mol. The number of thiazole rings is 1. The molecule has 0 aromatic carbocycles. The smallest absolute Gasteiger partial charge is 0.353 e. The van der Waals surface area contributed by atoms with Gasteiger partial charge in [-0.25, -0.2) is 9.78 Å². The third-order valence-electron chi connectivity index (χ3n) is 6.24. The summed E-state index contributed by atoms with van der Waals surface area (Å²) in [5.74, 6) is -2.22. The fourth-order valence-corrected chi connectivity index (χ4v) is 6.63. The minimum absolute atomic E-state index is 0.00926. The number of aliphatic hydroxyl groups is 2. The van der Waals surface area contributed by atoms with Crippen molar-refractivity contribution >= 4 is 40.5 Å². The number of likely N-dealkylation sites (N-methyl/N-ethyl adjacent to an activating group) is 1. The number of aliphatic carboxylic acids is 1. The standard InChI is InChI=1S/C20H25N3O5S2/c1-9-15-14(10(2)25)18(26)23(15)16(19(27)28)17(9)30-20-21-13(8-29-20)11-4-5-22(3)12(6-11)7-24/h4,8-10,12,14-15,24-25H,5-7H2,1-3H3,(H,27,28)/t9-,10-,12+,14-,15-/m1/s1. The van der Waals surface area contributed by atoms with Crippen molar-refractivity contribution in [3.63, 3.8) is 0 Å². The van der Waals surface area contributed by atoms with E-state index in [0.717, 1.165) is 22.2 Å². The van der Waals surface area contributed by atoms with Gasteiger partial charge in [0.05, 0.1) is 30.4 Å². The number of aromatic nitrogens is 1. The third-order valence-corrected chi connectivity index (χ3v) is 8.46. The number of nitrogens with zero attached hydrogens (tertiary/aromatic N) is 3. The zero-order valence-corrected chi connectivity index (χ0v) is 18.6. The Labute approximate surface area is 182 Å². The second kappa shape index (κ2) is 8.08. The van der Waals surface area contributed by atoms with Crippen LogP contribution in [0.2, 0.25) is 0 Å². The Bertz CT molecular complexity index is 941. The van der Waals surface area contributed by atoms with E-state index in [-0.39, 0.29) is 36.2 Å². The summed E-state index contributed by atoms with van der Waals surface area (Å²) in [5, 5.41) is 31.2. The number of carboxylic acids is 1. The molecule has 0 bridgehead atoms. The molecular formula is C20H25N3O5S2. The average Bonchev–Trinajstić information content (AvgIpc) is 3.24. The van der Waals surface area contributed by atoms with E-state index in [2.05, 4.69) is 11.0 Å². The van der Waals surface area contributed by atoms with Crippen LogP contribution in [0.3, 0.4) is 0 Å². The molecule has 1 aromatic rings. The maximum Gasteiger partial charge on any atom is 0.353 e. The van der Waals surface area contributed by atoms with E-state index in [1.54, 1.807) is 6.92 Å². The Hall–Kier alpha value is -1.72. The van der Waals surface area contributed by atoms with Gasteiger partial charge >= 0.3 is 5.97 Å². The summed E-state index contributed by atoms with van der Waals surface area (Å²) in [6.07, 6.45) is 2.00. The number of fused-ring (bicyclic) bond motifs is 1. The Morgan fingerprint density at radius 2 is 2.20 bits per heavy atom. The van der Waals surface area contributed by atoms with Crippen molar-refractivity contribution < 1.29 is 24.9 Å². The van der Waals surface area contributed by atoms with Crippen molar-refractivity contribution in [2.45, 2.75) is 42.8 Å².